The lowest BCUT2D eigenvalue weighted by Crippen LogP contribution is -2.28. The average molecular weight is 575 g/mol. The quantitative estimate of drug-likeness (QED) is 0.210. The van der Waals surface area contributed by atoms with E-state index in [2.05, 4.69) is 48.9 Å². The highest BCUT2D eigenvalue weighted by Crippen LogP contribution is 2.45. The second-order valence-electron chi connectivity index (χ2n) is 9.77. The van der Waals surface area contributed by atoms with E-state index in [0.29, 0.717) is 44.1 Å². The number of nitrogens with zero attached hydrogens (tertiary/aromatic N) is 4. The van der Waals surface area contributed by atoms with Crippen LogP contribution in [-0.2, 0) is 24.2 Å². The van der Waals surface area contributed by atoms with E-state index in [1.54, 1.807) is 29.5 Å². The number of carbonyl (C=O) groups is 1. The summed E-state index contributed by atoms with van der Waals surface area (Å²) >= 11 is 15.1. The van der Waals surface area contributed by atoms with Gasteiger partial charge in [0.1, 0.15) is 11.1 Å². The van der Waals surface area contributed by atoms with E-state index in [0.717, 1.165) is 36.8 Å². The zero-order chi connectivity index (χ0) is 26.7. The van der Waals surface area contributed by atoms with Gasteiger partial charge in [-0.2, -0.15) is 5.26 Å². The van der Waals surface area contributed by atoms with Crippen molar-refractivity contribution in [2.24, 2.45) is 11.3 Å². The first-order valence-electron chi connectivity index (χ1n) is 12.1. The number of thiophene rings is 1. The van der Waals surface area contributed by atoms with Crippen LogP contribution in [0.5, 0.6) is 0 Å². The fourth-order valence-corrected chi connectivity index (χ4v) is 6.92. The van der Waals surface area contributed by atoms with Crippen molar-refractivity contribution in [2.75, 3.05) is 11.1 Å². The number of aromatic nitrogens is 3. The SMILES string of the molecule is C=CCn1c(SCC(=O)Nc2sc3c(c2C#N)CCC(C(C)(C)CC)C3)nnc1-c1ccc(Cl)c(Cl)c1. The topological polar surface area (TPSA) is 83.6 Å². The Morgan fingerprint density at radius 1 is 1.38 bits per heavy atom. The molecule has 1 unspecified atom stereocenters. The number of anilines is 1. The fourth-order valence-electron chi connectivity index (χ4n) is 4.58. The maximum atomic E-state index is 12.9. The Labute approximate surface area is 236 Å². The molecule has 2 heterocycles. The largest absolute Gasteiger partial charge is 0.316 e. The molecule has 10 heteroatoms. The number of fused-ring (bicyclic) bond motifs is 1. The summed E-state index contributed by atoms with van der Waals surface area (Å²) in [4.78, 5) is 14.2. The second kappa shape index (κ2) is 11.6. The molecule has 37 heavy (non-hydrogen) atoms. The molecular formula is C27H29Cl2N5OS2. The van der Waals surface area contributed by atoms with Gasteiger partial charge in [0, 0.05) is 17.0 Å². The molecule has 4 rings (SSSR count). The van der Waals surface area contributed by atoms with Crippen molar-refractivity contribution in [2.45, 2.75) is 58.2 Å². The van der Waals surface area contributed by atoms with E-state index in [1.165, 1.54) is 16.6 Å². The van der Waals surface area contributed by atoms with Gasteiger partial charge in [-0.05, 0) is 54.4 Å². The van der Waals surface area contributed by atoms with E-state index in [1.807, 2.05) is 10.6 Å². The van der Waals surface area contributed by atoms with E-state index >= 15 is 0 Å². The zero-order valence-electron chi connectivity index (χ0n) is 21.1. The number of nitrogens with one attached hydrogen (secondary N) is 1. The number of amides is 1. The minimum absolute atomic E-state index is 0.135. The van der Waals surface area contributed by atoms with Gasteiger partial charge in [-0.25, -0.2) is 0 Å². The van der Waals surface area contributed by atoms with Crippen LogP contribution in [0.15, 0.2) is 36.0 Å². The number of halogens is 2. The summed E-state index contributed by atoms with van der Waals surface area (Å²) < 4.78 is 1.88. The number of benzene rings is 1. The van der Waals surface area contributed by atoms with Gasteiger partial charge >= 0.3 is 0 Å². The van der Waals surface area contributed by atoms with Gasteiger partial charge in [-0.1, -0.05) is 68.2 Å². The Bertz CT molecular complexity index is 1370. The summed E-state index contributed by atoms with van der Waals surface area (Å²) in [6.07, 6.45) is 5.78. The van der Waals surface area contributed by atoms with Crippen molar-refractivity contribution in [1.82, 2.24) is 14.8 Å². The van der Waals surface area contributed by atoms with Crippen LogP contribution >= 0.6 is 46.3 Å². The van der Waals surface area contributed by atoms with E-state index < -0.39 is 0 Å². The van der Waals surface area contributed by atoms with Gasteiger partial charge in [-0.3, -0.25) is 9.36 Å². The molecule has 0 spiro atoms. The Kier molecular flexibility index (Phi) is 8.70. The number of thioether (sulfide) groups is 1. The molecule has 0 aliphatic heterocycles. The number of allylic oxidation sites excluding steroid dienone is 1. The van der Waals surface area contributed by atoms with Crippen LogP contribution in [0.4, 0.5) is 5.00 Å². The highest BCUT2D eigenvalue weighted by molar-refractivity contribution is 7.99. The molecule has 0 bridgehead atoms. The van der Waals surface area contributed by atoms with Crippen molar-refractivity contribution < 1.29 is 4.79 Å². The molecule has 1 aliphatic rings. The Morgan fingerprint density at radius 3 is 2.84 bits per heavy atom. The number of hydrogen-bond acceptors (Lipinski definition) is 6. The van der Waals surface area contributed by atoms with E-state index in [4.69, 9.17) is 23.2 Å². The Balaban J connectivity index is 1.48. The van der Waals surface area contributed by atoms with Gasteiger partial charge in [0.25, 0.3) is 0 Å². The summed E-state index contributed by atoms with van der Waals surface area (Å²) in [7, 11) is 0. The van der Waals surface area contributed by atoms with Crippen molar-refractivity contribution in [3.63, 3.8) is 0 Å². The Morgan fingerprint density at radius 2 is 2.16 bits per heavy atom. The molecule has 1 N–H and O–H groups in total. The highest BCUT2D eigenvalue weighted by atomic mass is 35.5. The first-order valence-corrected chi connectivity index (χ1v) is 14.7. The van der Waals surface area contributed by atoms with Crippen LogP contribution in [0, 0.1) is 22.7 Å². The first-order chi connectivity index (χ1) is 17.7. The smallest absolute Gasteiger partial charge is 0.235 e. The molecule has 1 aromatic carbocycles. The molecule has 0 radical (unpaired) electrons. The van der Waals surface area contributed by atoms with Crippen LogP contribution in [-0.4, -0.2) is 26.4 Å². The molecule has 1 atom stereocenters. The molecule has 194 valence electrons. The Hall–Kier alpha value is -2.31. The molecule has 1 amide bonds. The number of hydrogen-bond donors (Lipinski definition) is 1. The predicted molar refractivity (Wildman–Crippen MR) is 154 cm³/mol. The molecule has 2 aromatic heterocycles. The fraction of sp³-hybridized carbons (Fsp3) is 0.407. The summed E-state index contributed by atoms with van der Waals surface area (Å²) in [5.41, 5.74) is 2.75. The maximum absolute atomic E-state index is 12.9. The minimum Gasteiger partial charge on any atom is -0.316 e. The molecule has 0 saturated carbocycles. The van der Waals surface area contributed by atoms with Crippen molar-refractivity contribution >= 4 is 57.2 Å². The van der Waals surface area contributed by atoms with Gasteiger partial charge in [0.2, 0.25) is 5.91 Å². The normalized spacial score (nSPS) is 15.2. The molecule has 0 fully saturated rings. The van der Waals surface area contributed by atoms with Crippen molar-refractivity contribution in [1.29, 1.82) is 5.26 Å². The van der Waals surface area contributed by atoms with Crippen LogP contribution in [0.3, 0.4) is 0 Å². The standard InChI is InChI=1S/C27H29Cl2N5OS2/c1-5-11-34-24(16-7-10-20(28)21(29)12-16)32-33-26(34)36-15-23(35)31-25-19(14-30)18-9-8-17(13-22(18)37-25)27(3,4)6-2/h5,7,10,12,17H,1,6,8-9,11,13,15H2,2-4H3,(H,31,35). The lowest BCUT2D eigenvalue weighted by atomic mass is 9.69. The summed E-state index contributed by atoms with van der Waals surface area (Å²) in [6.45, 7) is 11.2. The highest BCUT2D eigenvalue weighted by Gasteiger charge is 2.34. The third kappa shape index (κ3) is 5.91. The molecule has 1 aliphatic carbocycles. The maximum Gasteiger partial charge on any atom is 0.235 e. The van der Waals surface area contributed by atoms with Crippen LogP contribution in [0.1, 0.15) is 49.6 Å². The minimum atomic E-state index is -0.185. The van der Waals surface area contributed by atoms with Gasteiger partial charge < -0.3 is 5.32 Å². The van der Waals surface area contributed by atoms with E-state index in [9.17, 15) is 10.1 Å². The first kappa shape index (κ1) is 27.7. The molecule has 0 saturated heterocycles. The van der Waals surface area contributed by atoms with Crippen molar-refractivity contribution in [3.05, 3.63) is 56.9 Å². The van der Waals surface area contributed by atoms with Crippen LogP contribution < -0.4 is 5.32 Å². The number of rotatable bonds is 9. The second-order valence-corrected chi connectivity index (χ2v) is 12.6. The third-order valence-electron chi connectivity index (χ3n) is 7.19. The lowest BCUT2D eigenvalue weighted by molar-refractivity contribution is -0.113. The van der Waals surface area contributed by atoms with Gasteiger partial charge in [0.05, 0.1) is 21.4 Å². The summed E-state index contributed by atoms with van der Waals surface area (Å²) in [5, 5.41) is 23.6. The van der Waals surface area contributed by atoms with Crippen LogP contribution in [0.25, 0.3) is 11.4 Å². The third-order valence-corrected chi connectivity index (χ3v) is 10.1. The number of nitriles is 1. The predicted octanol–water partition coefficient (Wildman–Crippen LogP) is 7.64. The van der Waals surface area contributed by atoms with Crippen LogP contribution in [0.2, 0.25) is 10.0 Å². The lowest BCUT2D eigenvalue weighted by Gasteiger charge is -2.36. The monoisotopic (exact) mass is 573 g/mol. The average Bonchev–Trinajstić information content (AvgIpc) is 3.44. The van der Waals surface area contributed by atoms with Crippen molar-refractivity contribution in [3.8, 4) is 17.5 Å². The zero-order valence-corrected chi connectivity index (χ0v) is 24.3. The molecular weight excluding hydrogens is 545 g/mol. The summed E-state index contributed by atoms with van der Waals surface area (Å²) in [5.74, 6) is 1.14. The summed E-state index contributed by atoms with van der Waals surface area (Å²) in [6, 6.07) is 7.62. The van der Waals surface area contributed by atoms with E-state index in [-0.39, 0.29) is 17.1 Å². The number of carbonyl (C=O) groups excluding carboxylic acids is 1. The van der Waals surface area contributed by atoms with Gasteiger partial charge in [0.15, 0.2) is 11.0 Å². The van der Waals surface area contributed by atoms with Gasteiger partial charge in [-0.15, -0.1) is 28.1 Å². The molecule has 6 nitrogen and oxygen atoms in total. The molecule has 3 aromatic rings.